The van der Waals surface area contributed by atoms with Crippen LogP contribution in [-0.4, -0.2) is 30.1 Å². The van der Waals surface area contributed by atoms with Crippen LogP contribution in [0.3, 0.4) is 0 Å². The van der Waals surface area contributed by atoms with Crippen molar-refractivity contribution in [2.24, 2.45) is 5.73 Å². The maximum atomic E-state index is 12.0. The Balaban J connectivity index is 2.43. The van der Waals surface area contributed by atoms with Crippen LogP contribution in [0, 0.1) is 0 Å². The molecule has 1 aromatic rings. The predicted octanol–water partition coefficient (Wildman–Crippen LogP) is 1.17. The summed E-state index contributed by atoms with van der Waals surface area (Å²) in [4.78, 5) is 22.3. The van der Waals surface area contributed by atoms with Crippen LogP contribution in [0.4, 0.5) is 0 Å². The van der Waals surface area contributed by atoms with Crippen molar-refractivity contribution in [3.8, 4) is 0 Å². The van der Waals surface area contributed by atoms with Gasteiger partial charge in [0.05, 0.1) is 0 Å². The molecule has 0 fully saturated rings. The summed E-state index contributed by atoms with van der Waals surface area (Å²) in [5.74, 6) is -0.931. The van der Waals surface area contributed by atoms with Gasteiger partial charge in [-0.25, -0.2) is 0 Å². The Morgan fingerprint density at radius 2 is 1.95 bits per heavy atom. The lowest BCUT2D eigenvalue weighted by Crippen LogP contribution is -2.26. The summed E-state index contributed by atoms with van der Waals surface area (Å²) in [7, 11) is 0. The molecule has 0 saturated carbocycles. The summed E-state index contributed by atoms with van der Waals surface area (Å²) >= 11 is 0. The van der Waals surface area contributed by atoms with Crippen LogP contribution in [0.25, 0.3) is 0 Å². The number of hydrogen-bond donors (Lipinski definition) is 3. The first-order valence-electron chi connectivity index (χ1n) is 6.43. The van der Waals surface area contributed by atoms with Gasteiger partial charge in [0.25, 0.3) is 5.91 Å². The van der Waals surface area contributed by atoms with E-state index in [-0.39, 0.29) is 12.3 Å². The van der Waals surface area contributed by atoms with E-state index >= 15 is 0 Å². The van der Waals surface area contributed by atoms with Gasteiger partial charge >= 0.3 is 5.97 Å². The molecule has 4 N–H and O–H groups in total. The van der Waals surface area contributed by atoms with Crippen molar-refractivity contribution in [3.05, 3.63) is 35.4 Å². The van der Waals surface area contributed by atoms with Crippen molar-refractivity contribution in [3.63, 3.8) is 0 Å². The minimum absolute atomic E-state index is 0.126. The highest BCUT2D eigenvalue weighted by Crippen LogP contribution is 2.09. The molecule has 19 heavy (non-hydrogen) atoms. The highest BCUT2D eigenvalue weighted by Gasteiger charge is 2.09. The van der Waals surface area contributed by atoms with E-state index in [4.69, 9.17) is 10.8 Å². The molecule has 0 aliphatic rings. The number of amides is 1. The van der Waals surface area contributed by atoms with Gasteiger partial charge in [0, 0.05) is 18.5 Å². The van der Waals surface area contributed by atoms with Gasteiger partial charge in [0.1, 0.15) is 0 Å². The molecule has 5 nitrogen and oxygen atoms in total. The zero-order chi connectivity index (χ0) is 14.1. The number of benzene rings is 1. The summed E-state index contributed by atoms with van der Waals surface area (Å²) in [6.45, 7) is 0.992. The van der Waals surface area contributed by atoms with Gasteiger partial charge in [0.15, 0.2) is 0 Å². The zero-order valence-corrected chi connectivity index (χ0v) is 10.9. The lowest BCUT2D eigenvalue weighted by molar-refractivity contribution is -0.137. The van der Waals surface area contributed by atoms with Crippen LogP contribution in [-0.2, 0) is 11.2 Å². The first-order valence-corrected chi connectivity index (χ1v) is 6.43. The topological polar surface area (TPSA) is 92.4 Å². The number of carboxylic acids is 1. The zero-order valence-electron chi connectivity index (χ0n) is 10.9. The van der Waals surface area contributed by atoms with Crippen LogP contribution in [0.15, 0.2) is 24.3 Å². The summed E-state index contributed by atoms with van der Waals surface area (Å²) in [6.07, 6.45) is 2.04. The summed E-state index contributed by atoms with van der Waals surface area (Å²) in [5, 5.41) is 11.3. The second-order valence-electron chi connectivity index (χ2n) is 4.30. The highest BCUT2D eigenvalue weighted by atomic mass is 16.4. The molecule has 5 heteroatoms. The van der Waals surface area contributed by atoms with Crippen LogP contribution in [0.5, 0.6) is 0 Å². The second-order valence-corrected chi connectivity index (χ2v) is 4.30. The van der Waals surface area contributed by atoms with Crippen LogP contribution < -0.4 is 11.1 Å². The van der Waals surface area contributed by atoms with Crippen molar-refractivity contribution in [2.75, 3.05) is 13.1 Å². The molecule has 0 spiro atoms. The van der Waals surface area contributed by atoms with Crippen molar-refractivity contribution < 1.29 is 14.7 Å². The third kappa shape index (κ3) is 5.52. The molecule has 0 radical (unpaired) electrons. The van der Waals surface area contributed by atoms with Gasteiger partial charge in [0.2, 0.25) is 0 Å². The van der Waals surface area contributed by atoms with Crippen molar-refractivity contribution in [1.82, 2.24) is 5.32 Å². The van der Waals surface area contributed by atoms with Gasteiger partial charge in [-0.15, -0.1) is 0 Å². The van der Waals surface area contributed by atoms with E-state index in [1.807, 2.05) is 18.2 Å². The number of carbonyl (C=O) groups is 2. The van der Waals surface area contributed by atoms with E-state index in [9.17, 15) is 9.59 Å². The smallest absolute Gasteiger partial charge is 0.303 e. The van der Waals surface area contributed by atoms with E-state index in [1.54, 1.807) is 6.07 Å². The Morgan fingerprint density at radius 1 is 1.21 bits per heavy atom. The third-order valence-electron chi connectivity index (χ3n) is 2.78. The van der Waals surface area contributed by atoms with Crippen LogP contribution >= 0.6 is 0 Å². The summed E-state index contributed by atoms with van der Waals surface area (Å²) < 4.78 is 0. The first-order chi connectivity index (χ1) is 9.15. The Labute approximate surface area is 112 Å². The fraction of sp³-hybridized carbons (Fsp3) is 0.429. The molecule has 1 rings (SSSR count). The van der Waals surface area contributed by atoms with Crippen molar-refractivity contribution in [2.45, 2.75) is 25.7 Å². The van der Waals surface area contributed by atoms with E-state index in [0.717, 1.165) is 5.56 Å². The SMILES string of the molecule is NCCc1ccccc1C(=O)NCCCCC(=O)O. The number of nitrogens with two attached hydrogens (primary N) is 1. The molecular weight excluding hydrogens is 244 g/mol. The first kappa shape index (κ1) is 15.2. The monoisotopic (exact) mass is 264 g/mol. The molecule has 0 aliphatic carbocycles. The molecule has 0 saturated heterocycles. The van der Waals surface area contributed by atoms with Gasteiger partial charge in [-0.1, -0.05) is 18.2 Å². The maximum Gasteiger partial charge on any atom is 0.303 e. The number of carbonyl (C=O) groups excluding carboxylic acids is 1. The lowest BCUT2D eigenvalue weighted by atomic mass is 10.0. The van der Waals surface area contributed by atoms with Crippen molar-refractivity contribution >= 4 is 11.9 Å². The standard InChI is InChI=1S/C14H20N2O3/c15-9-8-11-5-1-2-6-12(11)14(19)16-10-4-3-7-13(17)18/h1-2,5-6H,3-4,7-10,15H2,(H,16,19)(H,17,18). The molecule has 0 unspecified atom stereocenters. The molecule has 0 aromatic heterocycles. The molecule has 0 atom stereocenters. The van der Waals surface area contributed by atoms with Gasteiger partial charge in [-0.2, -0.15) is 0 Å². The highest BCUT2D eigenvalue weighted by molar-refractivity contribution is 5.95. The number of hydrogen-bond acceptors (Lipinski definition) is 3. The predicted molar refractivity (Wildman–Crippen MR) is 73.0 cm³/mol. The molecular formula is C14H20N2O3. The van der Waals surface area contributed by atoms with Gasteiger partial charge in [-0.3, -0.25) is 9.59 Å². The Kier molecular flexibility index (Phi) is 6.60. The number of carboxylic acid groups (broad SMARTS) is 1. The minimum atomic E-state index is -0.806. The Morgan fingerprint density at radius 3 is 2.63 bits per heavy atom. The summed E-state index contributed by atoms with van der Waals surface area (Å²) in [5.41, 5.74) is 7.09. The average molecular weight is 264 g/mol. The van der Waals surface area contributed by atoms with Gasteiger partial charge in [-0.05, 0) is 37.4 Å². The molecule has 0 aliphatic heterocycles. The Hall–Kier alpha value is -1.88. The fourth-order valence-electron chi connectivity index (χ4n) is 1.81. The number of aliphatic carboxylic acids is 1. The van der Waals surface area contributed by atoms with Crippen LogP contribution in [0.1, 0.15) is 35.2 Å². The quantitative estimate of drug-likeness (QED) is 0.615. The molecule has 0 heterocycles. The van der Waals surface area contributed by atoms with Crippen molar-refractivity contribution in [1.29, 1.82) is 0 Å². The van der Waals surface area contributed by atoms with Gasteiger partial charge < -0.3 is 16.2 Å². The minimum Gasteiger partial charge on any atom is -0.481 e. The average Bonchev–Trinajstić information content (AvgIpc) is 2.39. The normalized spacial score (nSPS) is 10.2. The number of unbranched alkanes of at least 4 members (excludes halogenated alkanes) is 1. The van der Waals surface area contributed by atoms with E-state index in [2.05, 4.69) is 5.32 Å². The number of nitrogens with one attached hydrogen (secondary N) is 1. The molecule has 0 bridgehead atoms. The fourth-order valence-corrected chi connectivity index (χ4v) is 1.81. The second kappa shape index (κ2) is 8.26. The van der Waals surface area contributed by atoms with Crippen LogP contribution in [0.2, 0.25) is 0 Å². The molecule has 1 aromatic carbocycles. The van der Waals surface area contributed by atoms with E-state index < -0.39 is 5.97 Å². The molecule has 104 valence electrons. The lowest BCUT2D eigenvalue weighted by Gasteiger charge is -2.09. The largest absolute Gasteiger partial charge is 0.481 e. The Bertz CT molecular complexity index is 432. The maximum absolute atomic E-state index is 12.0. The van der Waals surface area contributed by atoms with E-state index in [0.29, 0.717) is 37.9 Å². The molecule has 1 amide bonds. The summed E-state index contributed by atoms with van der Waals surface area (Å²) in [6, 6.07) is 7.37. The third-order valence-corrected chi connectivity index (χ3v) is 2.78. The number of rotatable bonds is 8. The van der Waals surface area contributed by atoms with E-state index in [1.165, 1.54) is 0 Å².